The van der Waals surface area contributed by atoms with E-state index in [1.54, 1.807) is 6.07 Å². The number of nitrogens with one attached hydrogen (secondary N) is 2. The fourth-order valence-corrected chi connectivity index (χ4v) is 7.89. The molecule has 0 saturated heterocycles. The SMILES string of the molecule is O=[N+]([O-])c1ccc(S(=O)(=O)Oc2ccc3c4nc5nc(nc6[nH]c(nc7nc(nc([nH]4)c3c2)-c2ccccc2-7)c2ccccc62)-c2ccccc2-5)c([N+](=O)[O-])c1. The summed E-state index contributed by atoms with van der Waals surface area (Å²) in [6.45, 7) is 0. The van der Waals surface area contributed by atoms with Crippen LogP contribution >= 0.6 is 0 Å². The largest absolute Gasteiger partial charge is 0.379 e. The molecule has 0 unspecified atom stereocenters. The number of hydrogen-bond donors (Lipinski definition) is 2. The number of rotatable bonds is 5. The molecular formula is C38H20N10O7S. The molecule has 0 atom stereocenters. The first-order chi connectivity index (χ1) is 27.1. The molecule has 0 spiro atoms. The van der Waals surface area contributed by atoms with Crippen molar-refractivity contribution in [2.75, 3.05) is 0 Å². The van der Waals surface area contributed by atoms with Gasteiger partial charge in [-0.25, -0.2) is 29.9 Å². The van der Waals surface area contributed by atoms with Crippen LogP contribution in [0.5, 0.6) is 5.75 Å². The van der Waals surface area contributed by atoms with Gasteiger partial charge < -0.3 is 14.2 Å². The second-order valence-electron chi connectivity index (χ2n) is 12.7. The summed E-state index contributed by atoms with van der Waals surface area (Å²) < 4.78 is 32.4. The van der Waals surface area contributed by atoms with E-state index in [2.05, 4.69) is 9.97 Å². The molecular weight excluding hydrogens is 741 g/mol. The van der Waals surface area contributed by atoms with E-state index in [9.17, 15) is 28.6 Å². The summed E-state index contributed by atoms with van der Waals surface area (Å²) in [5, 5.41) is 25.6. The minimum Gasteiger partial charge on any atom is -0.379 e. The van der Waals surface area contributed by atoms with Crippen molar-refractivity contribution in [1.29, 1.82) is 0 Å². The van der Waals surface area contributed by atoms with E-state index in [0.29, 0.717) is 62.6 Å². The average molecular weight is 761 g/mol. The Morgan fingerprint density at radius 3 is 1.41 bits per heavy atom. The molecule has 0 amide bonds. The number of fused-ring (bicyclic) bond motifs is 20. The predicted octanol–water partition coefficient (Wildman–Crippen LogP) is 7.45. The van der Waals surface area contributed by atoms with Crippen LogP contribution in [0.4, 0.5) is 11.4 Å². The number of hydrogen-bond acceptors (Lipinski definition) is 13. The molecule has 18 heteroatoms. The van der Waals surface area contributed by atoms with Crippen LogP contribution in [-0.2, 0) is 10.1 Å². The molecule has 8 aromatic rings. The fourth-order valence-electron chi connectivity index (χ4n) is 6.82. The van der Waals surface area contributed by atoms with E-state index in [4.69, 9.17) is 34.1 Å². The third-order valence-electron chi connectivity index (χ3n) is 9.35. The maximum absolute atomic E-state index is 13.5. The molecule has 2 N–H and O–H groups in total. The molecule has 5 aromatic carbocycles. The van der Waals surface area contributed by atoms with Crippen LogP contribution in [0.2, 0.25) is 0 Å². The minimum atomic E-state index is -4.87. The van der Waals surface area contributed by atoms with Gasteiger partial charge in [0.15, 0.2) is 28.2 Å². The Hall–Kier alpha value is -7.99. The molecule has 5 heterocycles. The molecule has 2 aliphatic heterocycles. The molecule has 0 fully saturated rings. The van der Waals surface area contributed by atoms with Crippen LogP contribution in [0.15, 0.2) is 114 Å². The van der Waals surface area contributed by atoms with Gasteiger partial charge in [0.1, 0.15) is 28.3 Å². The first-order valence-corrected chi connectivity index (χ1v) is 18.1. The molecule has 3 aromatic heterocycles. The van der Waals surface area contributed by atoms with Gasteiger partial charge in [-0.3, -0.25) is 20.2 Å². The lowest BCUT2D eigenvalue weighted by Gasteiger charge is -2.08. The summed E-state index contributed by atoms with van der Waals surface area (Å²) in [6, 6.07) is 29.2. The Kier molecular flexibility index (Phi) is 7.00. The van der Waals surface area contributed by atoms with E-state index in [0.717, 1.165) is 39.6 Å². The van der Waals surface area contributed by atoms with Gasteiger partial charge in [-0.05, 0) is 24.3 Å². The summed E-state index contributed by atoms with van der Waals surface area (Å²) in [4.78, 5) is 56.4. The second kappa shape index (κ2) is 12.0. The summed E-state index contributed by atoms with van der Waals surface area (Å²) in [7, 11) is -4.87. The van der Waals surface area contributed by atoms with Crippen LogP contribution in [0.1, 0.15) is 0 Å². The van der Waals surface area contributed by atoms with Crippen molar-refractivity contribution in [3.05, 3.63) is 129 Å². The fraction of sp³-hybridized carbons (Fsp3) is 0. The Morgan fingerprint density at radius 2 is 0.946 bits per heavy atom. The Bertz CT molecular complexity index is 3340. The highest BCUT2D eigenvalue weighted by atomic mass is 32.2. The minimum absolute atomic E-state index is 0.221. The molecule has 270 valence electrons. The first-order valence-electron chi connectivity index (χ1n) is 16.7. The van der Waals surface area contributed by atoms with Crippen molar-refractivity contribution in [1.82, 2.24) is 39.9 Å². The van der Waals surface area contributed by atoms with Crippen molar-refractivity contribution in [2.45, 2.75) is 4.90 Å². The van der Waals surface area contributed by atoms with Crippen LogP contribution in [-0.4, -0.2) is 58.1 Å². The molecule has 0 saturated carbocycles. The zero-order valence-electron chi connectivity index (χ0n) is 28.2. The van der Waals surface area contributed by atoms with Gasteiger partial charge in [-0.1, -0.05) is 72.8 Å². The lowest BCUT2D eigenvalue weighted by atomic mass is 10.1. The Morgan fingerprint density at radius 1 is 0.500 bits per heavy atom. The third-order valence-corrected chi connectivity index (χ3v) is 10.6. The van der Waals surface area contributed by atoms with Gasteiger partial charge in [0, 0.05) is 49.9 Å². The second-order valence-corrected chi connectivity index (χ2v) is 14.2. The molecule has 0 aliphatic carbocycles. The van der Waals surface area contributed by atoms with Gasteiger partial charge in [-0.15, -0.1) is 0 Å². The smallest absolute Gasteiger partial charge is 0.346 e. The summed E-state index contributed by atoms with van der Waals surface area (Å²) in [6.07, 6.45) is 0. The highest BCUT2D eigenvalue weighted by Crippen LogP contribution is 2.38. The number of nitro groups is 2. The van der Waals surface area contributed by atoms with E-state index in [1.807, 2.05) is 72.8 Å². The molecule has 10 rings (SSSR count). The molecule has 8 bridgehead atoms. The molecule has 17 nitrogen and oxygen atoms in total. The number of nitrogens with zero attached hydrogens (tertiary/aromatic N) is 8. The average Bonchev–Trinajstić information content (AvgIpc) is 3.93. The van der Waals surface area contributed by atoms with Gasteiger partial charge >= 0.3 is 10.1 Å². The lowest BCUT2D eigenvalue weighted by Crippen LogP contribution is -2.12. The molecule has 56 heavy (non-hydrogen) atoms. The summed E-state index contributed by atoms with van der Waals surface area (Å²) in [5.74, 6) is 1.26. The maximum Gasteiger partial charge on any atom is 0.346 e. The maximum atomic E-state index is 13.5. The van der Waals surface area contributed by atoms with Crippen molar-refractivity contribution in [3.8, 4) is 51.3 Å². The quantitative estimate of drug-likeness (QED) is 0.0985. The number of aromatic amines is 2. The van der Waals surface area contributed by atoms with Gasteiger partial charge in [0.25, 0.3) is 11.4 Å². The van der Waals surface area contributed by atoms with Crippen molar-refractivity contribution in [3.63, 3.8) is 0 Å². The normalized spacial score (nSPS) is 12.0. The number of aromatic nitrogens is 8. The standard InChI is InChI=1S/C38H20N10O7S/c49-47(50)19-13-16-30(29(17-19)48(51)52)56(53,54)55-20-14-15-27-28(18-20)38-45-36-26-12-6-5-11-25(26)34(43-36)41-32-22-8-2-1-7-21(22)31(39-32)40-33-23-9-3-4-10-24(23)35(42-33)44-37(27)46-38/h1-18H,(H2,39,40,41,42,43,44,45,46). The Balaban J connectivity index is 1.25. The number of non-ortho nitro benzene ring substituents is 1. The zero-order valence-corrected chi connectivity index (χ0v) is 29.1. The lowest BCUT2D eigenvalue weighted by molar-refractivity contribution is -0.396. The van der Waals surface area contributed by atoms with E-state index < -0.39 is 36.2 Å². The highest BCUT2D eigenvalue weighted by Gasteiger charge is 2.31. The van der Waals surface area contributed by atoms with Crippen molar-refractivity contribution >= 4 is 65.6 Å². The van der Waals surface area contributed by atoms with Crippen LogP contribution in [0.25, 0.3) is 89.7 Å². The zero-order chi connectivity index (χ0) is 38.3. The van der Waals surface area contributed by atoms with Gasteiger partial charge in [0.2, 0.25) is 0 Å². The first kappa shape index (κ1) is 32.6. The summed E-state index contributed by atoms with van der Waals surface area (Å²) in [5.41, 5.74) is 2.87. The molecule has 2 aliphatic rings. The van der Waals surface area contributed by atoms with Crippen LogP contribution < -0.4 is 4.18 Å². The van der Waals surface area contributed by atoms with E-state index >= 15 is 0 Å². The monoisotopic (exact) mass is 760 g/mol. The van der Waals surface area contributed by atoms with E-state index in [-0.39, 0.29) is 11.4 Å². The van der Waals surface area contributed by atoms with Crippen molar-refractivity contribution < 1.29 is 22.4 Å². The Labute approximate surface area is 312 Å². The van der Waals surface area contributed by atoms with Crippen molar-refractivity contribution in [2.24, 2.45) is 0 Å². The van der Waals surface area contributed by atoms with Crippen LogP contribution in [0.3, 0.4) is 0 Å². The predicted molar refractivity (Wildman–Crippen MR) is 204 cm³/mol. The van der Waals surface area contributed by atoms with Gasteiger partial charge in [-0.2, -0.15) is 8.42 Å². The number of benzene rings is 5. The van der Waals surface area contributed by atoms with Crippen LogP contribution in [0, 0.1) is 20.2 Å². The number of H-pyrrole nitrogens is 2. The van der Waals surface area contributed by atoms with Gasteiger partial charge in [0.05, 0.1) is 15.9 Å². The summed E-state index contributed by atoms with van der Waals surface area (Å²) >= 11 is 0. The highest BCUT2D eigenvalue weighted by molar-refractivity contribution is 7.87. The number of nitro benzene ring substituents is 2. The van der Waals surface area contributed by atoms with E-state index in [1.165, 1.54) is 12.1 Å². The topological polar surface area (TPSA) is 239 Å². The third kappa shape index (κ3) is 5.19. The molecule has 0 radical (unpaired) electrons.